The molecule has 1 aliphatic rings. The number of hydrogen-bond donors (Lipinski definition) is 3. The number of carbonyl (C=O) groups excluding carboxylic acids is 3. The molecule has 1 fully saturated rings. The number of amides is 4. The Morgan fingerprint density at radius 3 is 2.55 bits per heavy atom. The predicted octanol–water partition coefficient (Wildman–Crippen LogP) is -0.948. The fraction of sp³-hybridized carbons (Fsp3) is 0.750. The number of urea groups is 1. The van der Waals surface area contributed by atoms with E-state index in [4.69, 9.17) is 5.11 Å². The number of aliphatic hydroxyl groups is 1. The summed E-state index contributed by atoms with van der Waals surface area (Å²) >= 11 is 0. The Bertz CT molecular complexity index is 401. The average Bonchev–Trinajstić information content (AvgIpc) is 2.62. The Balaban J connectivity index is 2.62. The third kappa shape index (κ3) is 3.45. The maximum Gasteiger partial charge on any atom is 0.344 e. The molecule has 1 heterocycles. The molecular formula is C12H22N4O4. The summed E-state index contributed by atoms with van der Waals surface area (Å²) in [5.41, 5.74) is 1.33. The lowest BCUT2D eigenvalue weighted by molar-refractivity contribution is -0.139. The summed E-state index contributed by atoms with van der Waals surface area (Å²) in [4.78, 5) is 37.3. The summed E-state index contributed by atoms with van der Waals surface area (Å²) in [7, 11) is 0. The van der Waals surface area contributed by atoms with Crippen molar-refractivity contribution in [1.82, 2.24) is 20.7 Å². The normalized spacial score (nSPS) is 22.4. The zero-order valence-corrected chi connectivity index (χ0v) is 12.1. The van der Waals surface area contributed by atoms with Crippen LogP contribution in [0, 0.1) is 0 Å². The van der Waals surface area contributed by atoms with Crippen LogP contribution in [-0.4, -0.2) is 64.6 Å². The summed E-state index contributed by atoms with van der Waals surface area (Å²) in [6.45, 7) is 6.14. The number of nitrogens with zero attached hydrogens (tertiary/aromatic N) is 2. The van der Waals surface area contributed by atoms with Gasteiger partial charge in [0, 0.05) is 6.54 Å². The first kappa shape index (κ1) is 16.4. The molecule has 0 aliphatic carbocycles. The van der Waals surface area contributed by atoms with Gasteiger partial charge in [-0.1, -0.05) is 13.8 Å². The summed E-state index contributed by atoms with van der Waals surface area (Å²) in [5.74, 6) is -0.937. The molecule has 0 radical (unpaired) electrons. The lowest BCUT2D eigenvalue weighted by atomic mass is 10.00. The third-order valence-corrected chi connectivity index (χ3v) is 3.44. The van der Waals surface area contributed by atoms with Gasteiger partial charge in [-0.05, 0) is 19.9 Å². The first-order valence-electron chi connectivity index (χ1n) is 6.67. The molecule has 114 valence electrons. The van der Waals surface area contributed by atoms with Crippen LogP contribution >= 0.6 is 0 Å². The Morgan fingerprint density at radius 1 is 1.45 bits per heavy atom. The minimum atomic E-state index is -0.972. The van der Waals surface area contributed by atoms with E-state index >= 15 is 0 Å². The highest BCUT2D eigenvalue weighted by Crippen LogP contribution is 2.18. The van der Waals surface area contributed by atoms with Gasteiger partial charge in [0.05, 0.1) is 13.2 Å². The van der Waals surface area contributed by atoms with Crippen LogP contribution in [-0.2, 0) is 9.59 Å². The largest absolute Gasteiger partial charge is 0.395 e. The lowest BCUT2D eigenvalue weighted by Gasteiger charge is -2.21. The van der Waals surface area contributed by atoms with E-state index < -0.39 is 23.4 Å². The molecule has 3 N–H and O–H groups in total. The van der Waals surface area contributed by atoms with Crippen molar-refractivity contribution in [2.45, 2.75) is 32.7 Å². The van der Waals surface area contributed by atoms with Crippen LogP contribution in [0.5, 0.6) is 0 Å². The second-order valence-corrected chi connectivity index (χ2v) is 4.88. The molecule has 1 rings (SSSR count). The third-order valence-electron chi connectivity index (χ3n) is 3.44. The maximum atomic E-state index is 12.1. The molecule has 1 aliphatic heterocycles. The molecule has 1 saturated heterocycles. The van der Waals surface area contributed by atoms with Crippen molar-refractivity contribution in [2.75, 3.05) is 26.2 Å². The number of aliphatic hydroxyl groups excluding tert-OH is 1. The van der Waals surface area contributed by atoms with E-state index in [0.29, 0.717) is 19.5 Å². The van der Waals surface area contributed by atoms with Gasteiger partial charge in [0.2, 0.25) is 0 Å². The molecule has 0 aromatic rings. The fourth-order valence-electron chi connectivity index (χ4n) is 1.88. The van der Waals surface area contributed by atoms with Gasteiger partial charge in [0.1, 0.15) is 5.54 Å². The summed E-state index contributed by atoms with van der Waals surface area (Å²) in [6.07, 6.45) is 0.440. The molecule has 20 heavy (non-hydrogen) atoms. The van der Waals surface area contributed by atoms with Crippen molar-refractivity contribution >= 4 is 17.8 Å². The highest BCUT2D eigenvalue weighted by Gasteiger charge is 2.47. The highest BCUT2D eigenvalue weighted by atomic mass is 16.3. The van der Waals surface area contributed by atoms with E-state index in [1.165, 1.54) is 0 Å². The summed E-state index contributed by atoms with van der Waals surface area (Å²) in [5, 5.41) is 12.1. The average molecular weight is 286 g/mol. The smallest absolute Gasteiger partial charge is 0.344 e. The van der Waals surface area contributed by atoms with Gasteiger partial charge >= 0.3 is 6.03 Å². The van der Waals surface area contributed by atoms with Crippen LogP contribution < -0.4 is 10.7 Å². The molecule has 1 unspecified atom stereocenters. The first-order valence-corrected chi connectivity index (χ1v) is 6.67. The summed E-state index contributed by atoms with van der Waals surface area (Å²) < 4.78 is 0. The Labute approximate surface area is 118 Å². The predicted molar refractivity (Wildman–Crippen MR) is 71.4 cm³/mol. The van der Waals surface area contributed by atoms with Crippen molar-refractivity contribution in [2.24, 2.45) is 0 Å². The topological polar surface area (TPSA) is 102 Å². The molecule has 8 nitrogen and oxygen atoms in total. The van der Waals surface area contributed by atoms with E-state index in [1.807, 2.05) is 6.92 Å². The van der Waals surface area contributed by atoms with Crippen LogP contribution in [0.4, 0.5) is 4.79 Å². The zero-order chi connectivity index (χ0) is 15.3. The standard InChI is InChI=1S/C12H22N4O4/c1-4-12(3)10(19)16(11(20)13-12)14-9(18)8-15(5-2)6-7-17/h17H,4-8H2,1-3H3,(H,13,20)(H,14,18). The second-order valence-electron chi connectivity index (χ2n) is 4.88. The number of carbonyl (C=O) groups is 3. The van der Waals surface area contributed by atoms with Crippen molar-refractivity contribution in [3.05, 3.63) is 0 Å². The van der Waals surface area contributed by atoms with Crippen LogP contribution in [0.25, 0.3) is 0 Å². The fourth-order valence-corrected chi connectivity index (χ4v) is 1.88. The molecule has 0 bridgehead atoms. The molecule has 0 saturated carbocycles. The minimum absolute atomic E-state index is 0.0109. The number of hydrogen-bond acceptors (Lipinski definition) is 5. The number of likely N-dealkylation sites (N-methyl/N-ethyl adjacent to an activating group) is 1. The van der Waals surface area contributed by atoms with Crippen LogP contribution in [0.1, 0.15) is 27.2 Å². The van der Waals surface area contributed by atoms with E-state index in [1.54, 1.807) is 18.7 Å². The van der Waals surface area contributed by atoms with E-state index in [9.17, 15) is 14.4 Å². The quantitative estimate of drug-likeness (QED) is 0.524. The highest BCUT2D eigenvalue weighted by molar-refractivity contribution is 6.07. The molecule has 8 heteroatoms. The van der Waals surface area contributed by atoms with Crippen molar-refractivity contribution in [1.29, 1.82) is 0 Å². The Morgan fingerprint density at radius 2 is 2.10 bits per heavy atom. The van der Waals surface area contributed by atoms with Gasteiger partial charge in [0.15, 0.2) is 0 Å². The molecule has 0 aromatic heterocycles. The lowest BCUT2D eigenvalue weighted by Crippen LogP contribution is -2.51. The summed E-state index contributed by atoms with van der Waals surface area (Å²) in [6, 6.07) is -0.627. The van der Waals surface area contributed by atoms with E-state index in [2.05, 4.69) is 10.7 Å². The monoisotopic (exact) mass is 286 g/mol. The molecule has 0 spiro atoms. The minimum Gasteiger partial charge on any atom is -0.395 e. The van der Waals surface area contributed by atoms with Crippen LogP contribution in [0.15, 0.2) is 0 Å². The zero-order valence-electron chi connectivity index (χ0n) is 12.1. The van der Waals surface area contributed by atoms with Gasteiger partial charge in [0.25, 0.3) is 11.8 Å². The van der Waals surface area contributed by atoms with Gasteiger partial charge in [-0.3, -0.25) is 19.9 Å². The van der Waals surface area contributed by atoms with Crippen LogP contribution in [0.3, 0.4) is 0 Å². The first-order chi connectivity index (χ1) is 9.37. The van der Waals surface area contributed by atoms with Gasteiger partial charge in [-0.2, -0.15) is 5.01 Å². The maximum absolute atomic E-state index is 12.1. The van der Waals surface area contributed by atoms with E-state index in [-0.39, 0.29) is 13.2 Å². The SMILES string of the molecule is CCN(CCO)CC(=O)NN1C(=O)NC(C)(CC)C1=O. The number of rotatable bonds is 7. The molecular weight excluding hydrogens is 264 g/mol. The van der Waals surface area contributed by atoms with Gasteiger partial charge in [-0.15, -0.1) is 0 Å². The molecule has 0 aromatic carbocycles. The number of nitrogens with one attached hydrogen (secondary N) is 2. The Kier molecular flexibility index (Phi) is 5.46. The second kappa shape index (κ2) is 6.67. The number of hydrazine groups is 1. The molecule has 1 atom stereocenters. The Hall–Kier alpha value is -1.67. The van der Waals surface area contributed by atoms with E-state index in [0.717, 1.165) is 5.01 Å². The number of imide groups is 1. The van der Waals surface area contributed by atoms with Gasteiger partial charge in [-0.25, -0.2) is 4.79 Å². The van der Waals surface area contributed by atoms with Crippen molar-refractivity contribution in [3.8, 4) is 0 Å². The molecule has 4 amide bonds. The van der Waals surface area contributed by atoms with Crippen molar-refractivity contribution in [3.63, 3.8) is 0 Å². The van der Waals surface area contributed by atoms with Gasteiger partial charge < -0.3 is 10.4 Å². The van der Waals surface area contributed by atoms with Crippen molar-refractivity contribution < 1.29 is 19.5 Å². The van der Waals surface area contributed by atoms with Crippen LogP contribution in [0.2, 0.25) is 0 Å².